The van der Waals surface area contributed by atoms with Gasteiger partial charge in [-0.3, -0.25) is 9.78 Å². The fraction of sp³-hybridized carbons (Fsp3) is 0.368. The van der Waals surface area contributed by atoms with Gasteiger partial charge in [-0.15, -0.1) is 0 Å². The van der Waals surface area contributed by atoms with Crippen LogP contribution in [0.1, 0.15) is 42.1 Å². The van der Waals surface area contributed by atoms with E-state index >= 15 is 0 Å². The van der Waals surface area contributed by atoms with Crippen molar-refractivity contribution in [2.45, 2.75) is 38.5 Å². The van der Waals surface area contributed by atoms with E-state index in [2.05, 4.69) is 29.2 Å². The lowest BCUT2D eigenvalue weighted by atomic mass is 9.75. The van der Waals surface area contributed by atoms with Crippen molar-refractivity contribution in [3.63, 3.8) is 0 Å². The fourth-order valence-electron chi connectivity index (χ4n) is 3.30. The number of carbonyl (C=O) groups excluding carboxylic acids is 1. The Balaban J connectivity index is 1.73. The highest BCUT2D eigenvalue weighted by Gasteiger charge is 2.29. The van der Waals surface area contributed by atoms with Gasteiger partial charge in [-0.2, -0.15) is 0 Å². The number of aromatic nitrogens is 1. The standard InChI is InChI=1S/C19H21NO/c1-14-6-5-9-18(20-14)13-17-12-16(10-11-19(17)21)15-7-3-2-4-8-15/h2-9,16-17H,10-13H2,1H3. The SMILES string of the molecule is Cc1cccc(CC2CC(c3ccccc3)CCC2=O)n1. The molecule has 0 bridgehead atoms. The second-order valence-corrected chi connectivity index (χ2v) is 6.02. The van der Waals surface area contributed by atoms with Crippen molar-refractivity contribution in [1.82, 2.24) is 4.98 Å². The molecule has 0 spiro atoms. The Kier molecular flexibility index (Phi) is 4.14. The Labute approximate surface area is 126 Å². The van der Waals surface area contributed by atoms with Gasteiger partial charge in [-0.25, -0.2) is 0 Å². The van der Waals surface area contributed by atoms with Gasteiger partial charge in [0.15, 0.2) is 0 Å². The average molecular weight is 279 g/mol. The Morgan fingerprint density at radius 3 is 2.67 bits per heavy atom. The summed E-state index contributed by atoms with van der Waals surface area (Å²) in [6.07, 6.45) is 3.43. The summed E-state index contributed by atoms with van der Waals surface area (Å²) in [5, 5.41) is 0. The summed E-state index contributed by atoms with van der Waals surface area (Å²) in [5.41, 5.74) is 3.43. The number of carbonyl (C=O) groups is 1. The number of aryl methyl sites for hydroxylation is 1. The van der Waals surface area contributed by atoms with E-state index in [1.807, 2.05) is 31.2 Å². The highest BCUT2D eigenvalue weighted by molar-refractivity contribution is 5.82. The molecule has 2 atom stereocenters. The number of rotatable bonds is 3. The molecule has 2 aromatic rings. The molecule has 1 aromatic heterocycles. The van der Waals surface area contributed by atoms with Crippen molar-refractivity contribution in [2.24, 2.45) is 5.92 Å². The predicted molar refractivity (Wildman–Crippen MR) is 84.2 cm³/mol. The molecule has 21 heavy (non-hydrogen) atoms. The average Bonchev–Trinajstić information content (AvgIpc) is 2.50. The lowest BCUT2D eigenvalue weighted by molar-refractivity contribution is -0.124. The lowest BCUT2D eigenvalue weighted by Crippen LogP contribution is -2.26. The van der Waals surface area contributed by atoms with Crippen LogP contribution in [0.25, 0.3) is 0 Å². The molecular formula is C19H21NO. The third-order valence-electron chi connectivity index (χ3n) is 4.44. The first-order valence-electron chi connectivity index (χ1n) is 7.72. The molecule has 1 heterocycles. The van der Waals surface area contributed by atoms with Crippen LogP contribution in [0.4, 0.5) is 0 Å². The number of Topliss-reactive ketones (excluding diaryl/α,β-unsaturated/α-hetero) is 1. The molecule has 2 unspecified atom stereocenters. The molecule has 0 aliphatic heterocycles. The van der Waals surface area contributed by atoms with Crippen molar-refractivity contribution >= 4 is 5.78 Å². The summed E-state index contributed by atoms with van der Waals surface area (Å²) in [4.78, 5) is 16.8. The largest absolute Gasteiger partial charge is 0.299 e. The van der Waals surface area contributed by atoms with Crippen LogP contribution in [0.3, 0.4) is 0 Å². The van der Waals surface area contributed by atoms with Crippen LogP contribution in [0, 0.1) is 12.8 Å². The van der Waals surface area contributed by atoms with E-state index in [0.717, 1.165) is 30.7 Å². The summed E-state index contributed by atoms with van der Waals surface area (Å²) >= 11 is 0. The zero-order chi connectivity index (χ0) is 14.7. The van der Waals surface area contributed by atoms with Gasteiger partial charge >= 0.3 is 0 Å². The summed E-state index contributed by atoms with van der Waals surface area (Å²) in [7, 11) is 0. The van der Waals surface area contributed by atoms with Crippen molar-refractivity contribution in [3.8, 4) is 0 Å². The first-order chi connectivity index (χ1) is 10.2. The van der Waals surface area contributed by atoms with Crippen molar-refractivity contribution in [3.05, 3.63) is 65.5 Å². The molecule has 3 rings (SSSR count). The van der Waals surface area contributed by atoms with Gasteiger partial charge in [0.1, 0.15) is 5.78 Å². The molecule has 108 valence electrons. The van der Waals surface area contributed by atoms with Crippen LogP contribution in [0.15, 0.2) is 48.5 Å². The Morgan fingerprint density at radius 2 is 1.90 bits per heavy atom. The summed E-state index contributed by atoms with van der Waals surface area (Å²) in [6, 6.07) is 16.6. The molecule has 1 aromatic carbocycles. The maximum absolute atomic E-state index is 12.2. The molecule has 2 nitrogen and oxygen atoms in total. The molecule has 1 fully saturated rings. The van der Waals surface area contributed by atoms with Gasteiger partial charge in [0.2, 0.25) is 0 Å². The van der Waals surface area contributed by atoms with E-state index in [4.69, 9.17) is 0 Å². The van der Waals surface area contributed by atoms with Crippen LogP contribution in [0.5, 0.6) is 0 Å². The summed E-state index contributed by atoms with van der Waals surface area (Å²) < 4.78 is 0. The number of benzene rings is 1. The molecule has 0 radical (unpaired) electrons. The van der Waals surface area contributed by atoms with Crippen LogP contribution < -0.4 is 0 Å². The molecular weight excluding hydrogens is 258 g/mol. The topological polar surface area (TPSA) is 30.0 Å². The number of nitrogens with zero attached hydrogens (tertiary/aromatic N) is 1. The Bertz CT molecular complexity index is 620. The Hall–Kier alpha value is -1.96. The quantitative estimate of drug-likeness (QED) is 0.847. The lowest BCUT2D eigenvalue weighted by Gasteiger charge is -2.28. The van der Waals surface area contributed by atoms with E-state index in [1.165, 1.54) is 5.56 Å². The first-order valence-corrected chi connectivity index (χ1v) is 7.72. The van der Waals surface area contributed by atoms with E-state index < -0.39 is 0 Å². The van der Waals surface area contributed by atoms with Gasteiger partial charge in [-0.05, 0) is 49.8 Å². The van der Waals surface area contributed by atoms with Gasteiger partial charge in [-0.1, -0.05) is 36.4 Å². The summed E-state index contributed by atoms with van der Waals surface area (Å²) in [6.45, 7) is 2.00. The van der Waals surface area contributed by atoms with E-state index in [9.17, 15) is 4.79 Å². The van der Waals surface area contributed by atoms with E-state index in [1.54, 1.807) is 0 Å². The van der Waals surface area contributed by atoms with E-state index in [-0.39, 0.29) is 5.92 Å². The predicted octanol–water partition coefficient (Wildman–Crippen LogP) is 4.09. The monoisotopic (exact) mass is 279 g/mol. The zero-order valence-corrected chi connectivity index (χ0v) is 12.5. The summed E-state index contributed by atoms with van der Waals surface area (Å²) in [5.74, 6) is 1.04. The van der Waals surface area contributed by atoms with Gasteiger partial charge in [0, 0.05) is 23.7 Å². The van der Waals surface area contributed by atoms with Gasteiger partial charge < -0.3 is 0 Å². The van der Waals surface area contributed by atoms with Crippen molar-refractivity contribution in [1.29, 1.82) is 0 Å². The van der Waals surface area contributed by atoms with Crippen molar-refractivity contribution < 1.29 is 4.79 Å². The number of pyridine rings is 1. The highest BCUT2D eigenvalue weighted by atomic mass is 16.1. The minimum Gasteiger partial charge on any atom is -0.299 e. The maximum atomic E-state index is 12.2. The molecule has 2 heteroatoms. The molecule has 1 aliphatic rings. The third-order valence-corrected chi connectivity index (χ3v) is 4.44. The van der Waals surface area contributed by atoms with Crippen LogP contribution in [-0.2, 0) is 11.2 Å². The second-order valence-electron chi connectivity index (χ2n) is 6.02. The molecule has 1 aliphatic carbocycles. The van der Waals surface area contributed by atoms with Crippen LogP contribution in [0.2, 0.25) is 0 Å². The number of ketones is 1. The second kappa shape index (κ2) is 6.21. The van der Waals surface area contributed by atoms with Gasteiger partial charge in [0.05, 0.1) is 0 Å². The van der Waals surface area contributed by atoms with E-state index in [0.29, 0.717) is 18.1 Å². The van der Waals surface area contributed by atoms with Crippen molar-refractivity contribution in [2.75, 3.05) is 0 Å². The third kappa shape index (κ3) is 3.38. The molecule has 0 amide bonds. The normalized spacial score (nSPS) is 22.2. The fourth-order valence-corrected chi connectivity index (χ4v) is 3.30. The molecule has 0 N–H and O–H groups in total. The minimum atomic E-state index is 0.123. The van der Waals surface area contributed by atoms with Gasteiger partial charge in [0.25, 0.3) is 0 Å². The van der Waals surface area contributed by atoms with Crippen LogP contribution in [-0.4, -0.2) is 10.8 Å². The number of hydrogen-bond donors (Lipinski definition) is 0. The highest BCUT2D eigenvalue weighted by Crippen LogP contribution is 2.35. The molecule has 0 saturated heterocycles. The zero-order valence-electron chi connectivity index (χ0n) is 12.5. The Morgan fingerprint density at radius 1 is 1.10 bits per heavy atom. The smallest absolute Gasteiger partial charge is 0.136 e. The first kappa shape index (κ1) is 14.0. The molecule has 1 saturated carbocycles. The number of hydrogen-bond acceptors (Lipinski definition) is 2. The minimum absolute atomic E-state index is 0.123. The van der Waals surface area contributed by atoms with Crippen LogP contribution >= 0.6 is 0 Å². The maximum Gasteiger partial charge on any atom is 0.136 e.